The van der Waals surface area contributed by atoms with Crippen LogP contribution in [0.25, 0.3) is 0 Å². The van der Waals surface area contributed by atoms with Crippen LogP contribution in [0.2, 0.25) is 0 Å². The first kappa shape index (κ1) is 10.2. The number of ether oxygens (including phenoxy) is 1. The van der Waals surface area contributed by atoms with Gasteiger partial charge in [-0.05, 0) is 41.3 Å². The Labute approximate surface area is 91.2 Å². The zero-order valence-corrected chi connectivity index (χ0v) is 9.37. The van der Waals surface area contributed by atoms with E-state index in [9.17, 15) is 5.11 Å². The molecule has 0 spiro atoms. The summed E-state index contributed by atoms with van der Waals surface area (Å²) in [5.41, 5.74) is 0. The average molecular weight is 261 g/mol. The molecule has 1 fully saturated rings. The first-order valence-electron chi connectivity index (χ1n) is 4.81. The van der Waals surface area contributed by atoms with Crippen molar-refractivity contribution in [2.75, 3.05) is 6.61 Å². The Bertz CT molecular complexity index is 291. The van der Waals surface area contributed by atoms with E-state index in [1.165, 1.54) is 0 Å². The van der Waals surface area contributed by atoms with E-state index in [0.717, 1.165) is 30.3 Å². The standard InChI is InChI=1S/C10H13BrO3/c11-7-4-6-14-10(7)9(12)8-3-1-2-5-13-8/h4,6,8-9,12H,1-3,5H2. The van der Waals surface area contributed by atoms with Gasteiger partial charge in [-0.2, -0.15) is 0 Å². The van der Waals surface area contributed by atoms with Gasteiger partial charge in [0.05, 0.1) is 16.8 Å². The average Bonchev–Trinajstić information content (AvgIpc) is 2.65. The highest BCUT2D eigenvalue weighted by atomic mass is 79.9. The highest BCUT2D eigenvalue weighted by molar-refractivity contribution is 9.10. The van der Waals surface area contributed by atoms with Crippen molar-refractivity contribution in [3.8, 4) is 0 Å². The molecule has 4 heteroatoms. The lowest BCUT2D eigenvalue weighted by atomic mass is 10.0. The number of halogens is 1. The first-order valence-corrected chi connectivity index (χ1v) is 5.61. The Morgan fingerprint density at radius 3 is 2.93 bits per heavy atom. The second-order valence-corrected chi connectivity index (χ2v) is 4.34. The monoisotopic (exact) mass is 260 g/mol. The van der Waals surface area contributed by atoms with Crippen LogP contribution in [-0.2, 0) is 4.74 Å². The summed E-state index contributed by atoms with van der Waals surface area (Å²) in [5.74, 6) is 0.567. The summed E-state index contributed by atoms with van der Waals surface area (Å²) < 4.78 is 11.5. The molecule has 0 aromatic carbocycles. The summed E-state index contributed by atoms with van der Waals surface area (Å²) in [5, 5.41) is 9.97. The Kier molecular flexibility index (Phi) is 3.26. The lowest BCUT2D eigenvalue weighted by Gasteiger charge is -2.26. The summed E-state index contributed by atoms with van der Waals surface area (Å²) in [6.45, 7) is 0.736. The molecule has 1 aliphatic heterocycles. The van der Waals surface area contributed by atoms with E-state index in [0.29, 0.717) is 5.76 Å². The van der Waals surface area contributed by atoms with Crippen molar-refractivity contribution in [1.82, 2.24) is 0 Å². The van der Waals surface area contributed by atoms with Crippen LogP contribution in [0.15, 0.2) is 21.2 Å². The lowest BCUT2D eigenvalue weighted by molar-refractivity contribution is -0.0706. The number of furan rings is 1. The van der Waals surface area contributed by atoms with Crippen molar-refractivity contribution >= 4 is 15.9 Å². The van der Waals surface area contributed by atoms with Crippen LogP contribution in [0, 0.1) is 0 Å². The molecule has 0 saturated carbocycles. The summed E-state index contributed by atoms with van der Waals surface area (Å²) in [6, 6.07) is 1.78. The Morgan fingerprint density at radius 2 is 2.36 bits per heavy atom. The molecule has 0 amide bonds. The van der Waals surface area contributed by atoms with Gasteiger partial charge >= 0.3 is 0 Å². The van der Waals surface area contributed by atoms with Crippen LogP contribution < -0.4 is 0 Å². The lowest BCUT2D eigenvalue weighted by Crippen LogP contribution is -2.26. The third-order valence-electron chi connectivity index (χ3n) is 2.48. The number of rotatable bonds is 2. The van der Waals surface area contributed by atoms with Crippen LogP contribution in [0.5, 0.6) is 0 Å². The number of aliphatic hydroxyl groups is 1. The highest BCUT2D eigenvalue weighted by Gasteiger charge is 2.27. The molecule has 1 aliphatic rings. The van der Waals surface area contributed by atoms with E-state index >= 15 is 0 Å². The quantitative estimate of drug-likeness (QED) is 0.889. The largest absolute Gasteiger partial charge is 0.465 e. The Hall–Kier alpha value is -0.320. The smallest absolute Gasteiger partial charge is 0.149 e. The molecule has 1 aromatic heterocycles. The zero-order chi connectivity index (χ0) is 9.97. The predicted octanol–water partition coefficient (Wildman–Crippen LogP) is 2.64. The summed E-state index contributed by atoms with van der Waals surface area (Å²) >= 11 is 3.32. The van der Waals surface area contributed by atoms with E-state index in [4.69, 9.17) is 9.15 Å². The summed E-state index contributed by atoms with van der Waals surface area (Å²) in [4.78, 5) is 0. The third-order valence-corrected chi connectivity index (χ3v) is 3.14. The van der Waals surface area contributed by atoms with E-state index in [1.54, 1.807) is 12.3 Å². The van der Waals surface area contributed by atoms with Gasteiger partial charge in [0, 0.05) is 6.61 Å². The zero-order valence-electron chi connectivity index (χ0n) is 7.78. The minimum Gasteiger partial charge on any atom is -0.465 e. The molecule has 3 nitrogen and oxygen atoms in total. The topological polar surface area (TPSA) is 42.6 Å². The van der Waals surface area contributed by atoms with Gasteiger partial charge < -0.3 is 14.3 Å². The van der Waals surface area contributed by atoms with Gasteiger partial charge in [-0.3, -0.25) is 0 Å². The van der Waals surface area contributed by atoms with Gasteiger partial charge in [0.2, 0.25) is 0 Å². The normalized spacial score (nSPS) is 24.9. The molecule has 1 N–H and O–H groups in total. The molecule has 78 valence electrons. The van der Waals surface area contributed by atoms with E-state index < -0.39 is 6.10 Å². The van der Waals surface area contributed by atoms with Crippen LogP contribution >= 0.6 is 15.9 Å². The van der Waals surface area contributed by atoms with Crippen LogP contribution in [0.3, 0.4) is 0 Å². The maximum absolute atomic E-state index is 9.97. The second kappa shape index (κ2) is 4.47. The first-order chi connectivity index (χ1) is 6.79. The molecule has 0 radical (unpaired) electrons. The van der Waals surface area contributed by atoms with Crippen molar-refractivity contribution < 1.29 is 14.3 Å². The molecule has 0 bridgehead atoms. The number of aliphatic hydroxyl groups excluding tert-OH is 1. The molecule has 14 heavy (non-hydrogen) atoms. The predicted molar refractivity (Wildman–Crippen MR) is 55.0 cm³/mol. The fraction of sp³-hybridized carbons (Fsp3) is 0.600. The Morgan fingerprint density at radius 1 is 1.50 bits per heavy atom. The van der Waals surface area contributed by atoms with Crippen LogP contribution in [-0.4, -0.2) is 17.8 Å². The fourth-order valence-electron chi connectivity index (χ4n) is 1.70. The van der Waals surface area contributed by atoms with Gasteiger partial charge in [-0.15, -0.1) is 0 Å². The van der Waals surface area contributed by atoms with Gasteiger partial charge in [0.25, 0.3) is 0 Å². The summed E-state index contributed by atoms with van der Waals surface area (Å²) in [7, 11) is 0. The summed E-state index contributed by atoms with van der Waals surface area (Å²) in [6.07, 6.45) is 3.88. The van der Waals surface area contributed by atoms with Crippen molar-refractivity contribution in [2.24, 2.45) is 0 Å². The van der Waals surface area contributed by atoms with Gasteiger partial charge in [-0.25, -0.2) is 0 Å². The maximum atomic E-state index is 9.97. The number of hydrogen-bond acceptors (Lipinski definition) is 3. The second-order valence-electron chi connectivity index (χ2n) is 3.48. The van der Waals surface area contributed by atoms with E-state index in [2.05, 4.69) is 15.9 Å². The molecule has 2 unspecified atom stereocenters. The number of hydrogen-bond donors (Lipinski definition) is 1. The van der Waals surface area contributed by atoms with Crippen LogP contribution in [0.4, 0.5) is 0 Å². The molecule has 1 saturated heterocycles. The molecule has 1 aromatic rings. The Balaban J connectivity index is 2.07. The SMILES string of the molecule is OC(c1occc1Br)C1CCCCO1. The van der Waals surface area contributed by atoms with Crippen molar-refractivity contribution in [3.63, 3.8) is 0 Å². The van der Waals surface area contributed by atoms with Gasteiger partial charge in [0.1, 0.15) is 11.9 Å². The third kappa shape index (κ3) is 2.02. The van der Waals surface area contributed by atoms with Crippen molar-refractivity contribution in [3.05, 3.63) is 22.6 Å². The van der Waals surface area contributed by atoms with Crippen molar-refractivity contribution in [1.29, 1.82) is 0 Å². The van der Waals surface area contributed by atoms with E-state index in [-0.39, 0.29) is 6.10 Å². The van der Waals surface area contributed by atoms with Gasteiger partial charge in [-0.1, -0.05) is 0 Å². The molecule has 2 rings (SSSR count). The maximum Gasteiger partial charge on any atom is 0.149 e. The molecular formula is C10H13BrO3. The highest BCUT2D eigenvalue weighted by Crippen LogP contribution is 2.31. The fourth-order valence-corrected chi connectivity index (χ4v) is 2.14. The minimum absolute atomic E-state index is 0.119. The molecule has 2 heterocycles. The molecule has 0 aliphatic carbocycles. The van der Waals surface area contributed by atoms with Crippen LogP contribution in [0.1, 0.15) is 31.1 Å². The molecule has 2 atom stereocenters. The molecular weight excluding hydrogens is 248 g/mol. The van der Waals surface area contributed by atoms with E-state index in [1.807, 2.05) is 0 Å². The minimum atomic E-state index is -0.653. The van der Waals surface area contributed by atoms with Crippen molar-refractivity contribution in [2.45, 2.75) is 31.5 Å². The van der Waals surface area contributed by atoms with Gasteiger partial charge in [0.15, 0.2) is 0 Å².